The largest absolute Gasteiger partial charge is 0.469 e. The number of aliphatic hydroxyl groups is 1. The van der Waals surface area contributed by atoms with Crippen molar-refractivity contribution in [1.29, 1.82) is 0 Å². The van der Waals surface area contributed by atoms with Crippen molar-refractivity contribution in [3.63, 3.8) is 0 Å². The van der Waals surface area contributed by atoms with Crippen molar-refractivity contribution in [1.82, 2.24) is 10.6 Å². The van der Waals surface area contributed by atoms with Gasteiger partial charge < -0.3 is 34.7 Å². The number of benzene rings is 1. The Balaban J connectivity index is 3.04. The lowest BCUT2D eigenvalue weighted by atomic mass is 10.0. The number of hydrogen-bond donors (Lipinski definition) is 3. The van der Waals surface area contributed by atoms with E-state index in [4.69, 9.17) is 14.2 Å². The molecule has 2 amide bonds. The lowest BCUT2D eigenvalue weighted by molar-refractivity contribution is -0.166. The number of hydrogen-bond acceptors (Lipinski definition) is 10. The molecule has 1 aromatic carbocycles. The fourth-order valence-electron chi connectivity index (χ4n) is 3.55. The zero-order valence-electron chi connectivity index (χ0n) is 23.2. The highest BCUT2D eigenvalue weighted by atomic mass is 16.6. The summed E-state index contributed by atoms with van der Waals surface area (Å²) in [6.45, 7) is 6.96. The number of nitrogens with one attached hydrogen (secondary N) is 2. The Hall–Kier alpha value is -3.67. The van der Waals surface area contributed by atoms with E-state index in [-0.39, 0.29) is 50.8 Å². The molecule has 0 radical (unpaired) electrons. The molecule has 218 valence electrons. The number of rotatable bonds is 17. The Labute approximate surface area is 228 Å². The highest BCUT2D eigenvalue weighted by molar-refractivity contribution is 5.98. The van der Waals surface area contributed by atoms with E-state index < -0.39 is 47.9 Å². The van der Waals surface area contributed by atoms with Crippen LogP contribution in [-0.2, 0) is 44.6 Å². The van der Waals surface area contributed by atoms with E-state index >= 15 is 0 Å². The van der Waals surface area contributed by atoms with Gasteiger partial charge in [-0.1, -0.05) is 26.0 Å². The monoisotopic (exact) mass is 552 g/mol. The minimum Gasteiger partial charge on any atom is -0.469 e. The molecule has 12 nitrogen and oxygen atoms in total. The van der Waals surface area contributed by atoms with Crippen molar-refractivity contribution in [2.24, 2.45) is 5.92 Å². The van der Waals surface area contributed by atoms with Gasteiger partial charge in [-0.15, -0.1) is 0 Å². The Morgan fingerprint density at radius 1 is 0.897 bits per heavy atom. The molecule has 0 fully saturated rings. The van der Waals surface area contributed by atoms with Crippen LogP contribution >= 0.6 is 0 Å². The third-order valence-corrected chi connectivity index (χ3v) is 5.38. The maximum atomic E-state index is 13.1. The average Bonchev–Trinajstić information content (AvgIpc) is 2.90. The third kappa shape index (κ3) is 12.6. The summed E-state index contributed by atoms with van der Waals surface area (Å²) in [6, 6.07) is 4.73. The van der Waals surface area contributed by atoms with Crippen LogP contribution in [0.25, 0.3) is 0 Å². The van der Waals surface area contributed by atoms with Gasteiger partial charge in [-0.25, -0.2) is 9.59 Å². The number of carbonyl (C=O) groups is 5. The van der Waals surface area contributed by atoms with Crippen molar-refractivity contribution < 1.29 is 48.0 Å². The lowest BCUT2D eigenvalue weighted by Gasteiger charge is -2.23. The summed E-state index contributed by atoms with van der Waals surface area (Å²) in [4.78, 5) is 61.3. The van der Waals surface area contributed by atoms with Crippen molar-refractivity contribution in [2.75, 3.05) is 26.9 Å². The van der Waals surface area contributed by atoms with Gasteiger partial charge in [0.15, 0.2) is 0 Å². The average molecular weight is 553 g/mol. The highest BCUT2D eigenvalue weighted by Crippen LogP contribution is 2.17. The second-order valence-corrected chi connectivity index (χ2v) is 9.06. The van der Waals surface area contributed by atoms with E-state index in [9.17, 15) is 29.1 Å². The van der Waals surface area contributed by atoms with E-state index in [2.05, 4.69) is 15.4 Å². The van der Waals surface area contributed by atoms with Gasteiger partial charge in [0.25, 0.3) is 6.10 Å². The molecule has 0 bridgehead atoms. The first-order chi connectivity index (χ1) is 18.5. The first-order valence-electron chi connectivity index (χ1n) is 12.9. The quantitative estimate of drug-likeness (QED) is 0.144. The number of esters is 3. The van der Waals surface area contributed by atoms with Crippen LogP contribution in [0, 0.1) is 5.92 Å². The molecule has 0 saturated carbocycles. The molecule has 0 spiro atoms. The summed E-state index contributed by atoms with van der Waals surface area (Å²) in [7, 11) is 1.22. The fraction of sp³-hybridized carbons (Fsp3) is 0.593. The predicted octanol–water partition coefficient (Wildman–Crippen LogP) is 1.06. The molecule has 0 saturated heterocycles. The zero-order chi connectivity index (χ0) is 29.4. The molecule has 0 aromatic heterocycles. The van der Waals surface area contributed by atoms with E-state index in [1.165, 1.54) is 19.2 Å². The minimum absolute atomic E-state index is 0.0557. The minimum atomic E-state index is -1.60. The summed E-state index contributed by atoms with van der Waals surface area (Å²) in [6.07, 6.45) is -1.28. The zero-order valence-corrected chi connectivity index (χ0v) is 23.2. The Bertz CT molecular complexity index is 930. The summed E-state index contributed by atoms with van der Waals surface area (Å²) in [5.41, 5.74) is 0.629. The normalized spacial score (nSPS) is 12.3. The second-order valence-electron chi connectivity index (χ2n) is 9.06. The van der Waals surface area contributed by atoms with Crippen molar-refractivity contribution >= 4 is 29.7 Å². The molecule has 2 atom stereocenters. The van der Waals surface area contributed by atoms with Crippen molar-refractivity contribution in [2.45, 2.75) is 71.6 Å². The molecule has 0 aliphatic rings. The molecule has 1 aromatic rings. The SMILES string of the molecule is CCOC(=O)C(Oc1ccc(C[C@H](NC(=O)CCC(=O)OC)C(=O)N[C@H](CO)CC(C)C)cc1)C(=O)OCC. The van der Waals surface area contributed by atoms with E-state index in [0.29, 0.717) is 12.0 Å². The van der Waals surface area contributed by atoms with E-state index in [0.717, 1.165) is 0 Å². The molecular formula is C27H40N2O10. The highest BCUT2D eigenvalue weighted by Gasteiger charge is 2.32. The topological polar surface area (TPSA) is 167 Å². The second kappa shape index (κ2) is 17.8. The van der Waals surface area contributed by atoms with Gasteiger partial charge in [0.05, 0.1) is 39.4 Å². The molecular weight excluding hydrogens is 512 g/mol. The fourth-order valence-corrected chi connectivity index (χ4v) is 3.55. The summed E-state index contributed by atoms with van der Waals surface area (Å²) in [5.74, 6) is -2.93. The standard InChI is InChI=1S/C27H40N2O10/c1-6-37-26(34)24(27(35)38-7-2)39-20-10-8-18(9-11-20)15-21(29-22(31)12-13-23(32)36-5)25(33)28-19(16-30)14-17(3)4/h8-11,17,19,21,24,30H,6-7,12-16H2,1-5H3,(H,28,33)(H,29,31)/t19-,21-/m0/s1. The van der Waals surface area contributed by atoms with Gasteiger partial charge >= 0.3 is 17.9 Å². The Morgan fingerprint density at radius 3 is 1.97 bits per heavy atom. The van der Waals surface area contributed by atoms with Gasteiger partial charge in [-0.3, -0.25) is 14.4 Å². The first-order valence-corrected chi connectivity index (χ1v) is 12.9. The van der Waals surface area contributed by atoms with Crippen LogP contribution in [0.5, 0.6) is 5.75 Å². The predicted molar refractivity (Wildman–Crippen MR) is 139 cm³/mol. The molecule has 12 heteroatoms. The van der Waals surface area contributed by atoms with E-state index in [1.54, 1.807) is 26.0 Å². The maximum Gasteiger partial charge on any atom is 0.359 e. The molecule has 0 aliphatic heterocycles. The summed E-state index contributed by atoms with van der Waals surface area (Å²) < 4.78 is 19.9. The molecule has 0 heterocycles. The number of aliphatic hydroxyl groups excluding tert-OH is 1. The van der Waals surface area contributed by atoms with Crippen LogP contribution in [-0.4, -0.2) is 79.9 Å². The van der Waals surface area contributed by atoms with Gasteiger partial charge in [-0.2, -0.15) is 0 Å². The van der Waals surface area contributed by atoms with Crippen LogP contribution in [0.15, 0.2) is 24.3 Å². The molecule has 39 heavy (non-hydrogen) atoms. The van der Waals surface area contributed by atoms with Gasteiger partial charge in [0.2, 0.25) is 11.8 Å². The Morgan fingerprint density at radius 2 is 1.49 bits per heavy atom. The molecule has 0 unspecified atom stereocenters. The number of methoxy groups -OCH3 is 1. The third-order valence-electron chi connectivity index (χ3n) is 5.38. The summed E-state index contributed by atoms with van der Waals surface area (Å²) >= 11 is 0. The first kappa shape index (κ1) is 33.4. The molecule has 0 aliphatic carbocycles. The van der Waals surface area contributed by atoms with Crippen LogP contribution in [0.4, 0.5) is 0 Å². The van der Waals surface area contributed by atoms with Crippen LogP contribution in [0.3, 0.4) is 0 Å². The number of carbonyl (C=O) groups excluding carboxylic acids is 5. The van der Waals surface area contributed by atoms with Crippen LogP contribution in [0.2, 0.25) is 0 Å². The molecule has 3 N–H and O–H groups in total. The van der Waals surface area contributed by atoms with Gasteiger partial charge in [0.1, 0.15) is 11.8 Å². The molecule has 1 rings (SSSR count). The number of amides is 2. The summed E-state index contributed by atoms with van der Waals surface area (Å²) in [5, 5.41) is 15.1. The smallest absolute Gasteiger partial charge is 0.359 e. The maximum absolute atomic E-state index is 13.1. The van der Waals surface area contributed by atoms with Crippen molar-refractivity contribution in [3.8, 4) is 5.75 Å². The van der Waals surface area contributed by atoms with Crippen LogP contribution < -0.4 is 15.4 Å². The van der Waals surface area contributed by atoms with Gasteiger partial charge in [-0.05, 0) is 43.9 Å². The lowest BCUT2D eigenvalue weighted by Crippen LogP contribution is -2.51. The van der Waals surface area contributed by atoms with Gasteiger partial charge in [0, 0.05) is 12.8 Å². The Kier molecular flexibility index (Phi) is 15.2. The van der Waals surface area contributed by atoms with Crippen molar-refractivity contribution in [3.05, 3.63) is 29.8 Å². The van der Waals surface area contributed by atoms with Crippen LogP contribution in [0.1, 0.15) is 52.5 Å². The number of ether oxygens (including phenoxy) is 4. The van der Waals surface area contributed by atoms with E-state index in [1.807, 2.05) is 13.8 Å².